The van der Waals surface area contributed by atoms with Crippen molar-refractivity contribution in [3.05, 3.63) is 52.1 Å². The van der Waals surface area contributed by atoms with Crippen molar-refractivity contribution in [2.45, 2.75) is 6.92 Å². The minimum Gasteiger partial charge on any atom is -0.491 e. The van der Waals surface area contributed by atoms with Gasteiger partial charge in [0.1, 0.15) is 5.56 Å². The second kappa shape index (κ2) is 9.09. The topological polar surface area (TPSA) is 44.8 Å². The summed E-state index contributed by atoms with van der Waals surface area (Å²) < 4.78 is 60.9. The lowest BCUT2D eigenvalue weighted by molar-refractivity contribution is 0.101. The minimum absolute atomic E-state index is 0.174. The third kappa shape index (κ3) is 4.04. The Morgan fingerprint density at radius 2 is 1.67 bits per heavy atom. The molecule has 0 saturated carbocycles. The Balaban J connectivity index is 1.95. The van der Waals surface area contributed by atoms with E-state index >= 15 is 0 Å². The van der Waals surface area contributed by atoms with Gasteiger partial charge in [-0.1, -0.05) is 24.6 Å². The zero-order valence-electron chi connectivity index (χ0n) is 16.4. The molecule has 0 bridgehead atoms. The predicted molar refractivity (Wildman–Crippen MR) is 107 cm³/mol. The summed E-state index contributed by atoms with van der Waals surface area (Å²) in [5.74, 6) is -9.85. The molecule has 3 rings (SSSR count). The average Bonchev–Trinajstić information content (AvgIpc) is 2.73. The number of amides is 1. The van der Waals surface area contributed by atoms with Gasteiger partial charge in [0.15, 0.2) is 17.4 Å². The second-order valence-corrected chi connectivity index (χ2v) is 7.08. The largest absolute Gasteiger partial charge is 0.491 e. The molecule has 1 aliphatic rings. The van der Waals surface area contributed by atoms with Gasteiger partial charge in [-0.15, -0.1) is 0 Å². The molecule has 1 heterocycles. The molecule has 162 valence electrons. The summed E-state index contributed by atoms with van der Waals surface area (Å²) in [6.45, 7) is 5.73. The van der Waals surface area contributed by atoms with Crippen LogP contribution in [0.2, 0.25) is 5.02 Å². The first kappa shape index (κ1) is 22.2. The summed E-state index contributed by atoms with van der Waals surface area (Å²) in [6, 6.07) is 4.66. The van der Waals surface area contributed by atoms with Gasteiger partial charge >= 0.3 is 0 Å². The van der Waals surface area contributed by atoms with E-state index in [0.717, 1.165) is 26.7 Å². The minimum atomic E-state index is -1.84. The fourth-order valence-electron chi connectivity index (χ4n) is 3.40. The number of anilines is 2. The first-order valence-corrected chi connectivity index (χ1v) is 9.65. The molecule has 0 aromatic heterocycles. The van der Waals surface area contributed by atoms with Crippen molar-refractivity contribution in [1.82, 2.24) is 4.90 Å². The molecule has 1 fully saturated rings. The summed E-state index contributed by atoms with van der Waals surface area (Å²) >= 11 is 6.32. The normalized spacial score (nSPS) is 14.7. The summed E-state index contributed by atoms with van der Waals surface area (Å²) in [4.78, 5) is 16.7. The van der Waals surface area contributed by atoms with Crippen LogP contribution < -0.4 is 15.0 Å². The number of likely N-dealkylation sites (N-methyl/N-ethyl adjacent to an activating group) is 1. The smallest absolute Gasteiger partial charge is 0.261 e. The van der Waals surface area contributed by atoms with Crippen LogP contribution >= 0.6 is 11.6 Å². The van der Waals surface area contributed by atoms with Gasteiger partial charge < -0.3 is 19.9 Å². The lowest BCUT2D eigenvalue weighted by Gasteiger charge is -2.36. The van der Waals surface area contributed by atoms with E-state index in [2.05, 4.69) is 15.0 Å². The molecule has 5 nitrogen and oxygen atoms in total. The molecule has 1 saturated heterocycles. The van der Waals surface area contributed by atoms with Crippen molar-refractivity contribution in [3.8, 4) is 5.75 Å². The van der Waals surface area contributed by atoms with E-state index in [-0.39, 0.29) is 5.69 Å². The maximum absolute atomic E-state index is 14.3. The molecule has 30 heavy (non-hydrogen) atoms. The van der Waals surface area contributed by atoms with Crippen LogP contribution in [0, 0.1) is 23.3 Å². The van der Waals surface area contributed by atoms with Crippen molar-refractivity contribution in [2.24, 2.45) is 0 Å². The first-order chi connectivity index (χ1) is 14.3. The molecular weight excluding hydrogens is 426 g/mol. The summed E-state index contributed by atoms with van der Waals surface area (Å²) in [5, 5.41) is 2.66. The van der Waals surface area contributed by atoms with Gasteiger partial charge in [0.25, 0.3) is 5.91 Å². The van der Waals surface area contributed by atoms with Crippen LogP contribution in [0.5, 0.6) is 5.75 Å². The number of para-hydroxylation sites is 1. The maximum atomic E-state index is 14.3. The first-order valence-electron chi connectivity index (χ1n) is 9.27. The van der Waals surface area contributed by atoms with Crippen molar-refractivity contribution in [1.29, 1.82) is 0 Å². The van der Waals surface area contributed by atoms with E-state index in [1.807, 2.05) is 11.8 Å². The van der Waals surface area contributed by atoms with Crippen LogP contribution in [-0.2, 0) is 0 Å². The van der Waals surface area contributed by atoms with Gasteiger partial charge in [-0.25, -0.2) is 8.78 Å². The molecule has 10 heteroatoms. The van der Waals surface area contributed by atoms with Crippen LogP contribution in [-0.4, -0.2) is 50.6 Å². The van der Waals surface area contributed by atoms with Gasteiger partial charge in [-0.2, -0.15) is 8.78 Å². The number of piperazine rings is 1. The Morgan fingerprint density at radius 3 is 2.20 bits per heavy atom. The maximum Gasteiger partial charge on any atom is 0.261 e. The molecule has 0 atom stereocenters. The highest BCUT2D eigenvalue weighted by molar-refractivity contribution is 6.34. The van der Waals surface area contributed by atoms with Crippen LogP contribution in [0.15, 0.2) is 18.2 Å². The molecule has 1 amide bonds. The Kier molecular flexibility index (Phi) is 6.72. The van der Waals surface area contributed by atoms with Crippen LogP contribution in [0.25, 0.3) is 0 Å². The predicted octanol–water partition coefficient (Wildman–Crippen LogP) is 4.30. The number of nitrogens with one attached hydrogen (secondary N) is 1. The Labute approximate surface area is 176 Å². The Hall–Kier alpha value is -2.52. The van der Waals surface area contributed by atoms with Crippen LogP contribution in [0.3, 0.4) is 0 Å². The number of methoxy groups -OCH3 is 1. The summed E-state index contributed by atoms with van der Waals surface area (Å²) in [7, 11) is 0.858. The zero-order chi connectivity index (χ0) is 22.0. The molecule has 1 aliphatic heterocycles. The van der Waals surface area contributed by atoms with E-state index in [1.54, 1.807) is 12.1 Å². The van der Waals surface area contributed by atoms with E-state index in [4.69, 9.17) is 11.6 Å². The highest BCUT2D eigenvalue weighted by Gasteiger charge is 2.31. The molecule has 0 aliphatic carbocycles. The number of hydrogen-bond acceptors (Lipinski definition) is 4. The van der Waals surface area contributed by atoms with Gasteiger partial charge in [-0.05, 0) is 18.7 Å². The fourth-order valence-corrected chi connectivity index (χ4v) is 3.69. The molecular formula is C20H20ClF4N3O2. The third-order valence-electron chi connectivity index (χ3n) is 5.03. The second-order valence-electron chi connectivity index (χ2n) is 6.68. The van der Waals surface area contributed by atoms with Crippen molar-refractivity contribution < 1.29 is 27.1 Å². The number of hydrogen-bond donors (Lipinski definition) is 1. The van der Waals surface area contributed by atoms with Gasteiger partial charge in [0.2, 0.25) is 11.6 Å². The van der Waals surface area contributed by atoms with Gasteiger partial charge in [-0.3, -0.25) is 4.79 Å². The quantitative estimate of drug-likeness (QED) is 0.550. The van der Waals surface area contributed by atoms with E-state index in [1.165, 1.54) is 6.07 Å². The summed E-state index contributed by atoms with van der Waals surface area (Å²) in [6.07, 6.45) is 0. The lowest BCUT2D eigenvalue weighted by Crippen LogP contribution is -2.46. The van der Waals surface area contributed by atoms with Crippen LogP contribution in [0.4, 0.5) is 28.9 Å². The van der Waals surface area contributed by atoms with E-state index < -0.39 is 40.5 Å². The van der Waals surface area contributed by atoms with Gasteiger partial charge in [0, 0.05) is 26.2 Å². The Morgan fingerprint density at radius 1 is 1.07 bits per heavy atom. The average molecular weight is 446 g/mol. The number of nitrogens with zero attached hydrogens (tertiary/aromatic N) is 2. The molecule has 0 unspecified atom stereocenters. The van der Waals surface area contributed by atoms with E-state index in [9.17, 15) is 22.4 Å². The highest BCUT2D eigenvalue weighted by Crippen LogP contribution is 2.36. The zero-order valence-corrected chi connectivity index (χ0v) is 17.1. The number of ether oxygens (including phenoxy) is 1. The molecule has 0 spiro atoms. The van der Waals surface area contributed by atoms with E-state index in [0.29, 0.717) is 23.8 Å². The van der Waals surface area contributed by atoms with Crippen molar-refractivity contribution in [2.75, 3.05) is 50.1 Å². The number of benzene rings is 2. The highest BCUT2D eigenvalue weighted by atomic mass is 35.5. The van der Waals surface area contributed by atoms with Crippen molar-refractivity contribution in [3.63, 3.8) is 0 Å². The Bertz CT molecular complexity index is 937. The summed E-state index contributed by atoms with van der Waals surface area (Å²) in [5.41, 5.74) is -0.737. The molecule has 2 aromatic rings. The molecule has 0 radical (unpaired) electrons. The number of rotatable bonds is 5. The molecule has 2 aromatic carbocycles. The van der Waals surface area contributed by atoms with Crippen molar-refractivity contribution >= 4 is 28.9 Å². The third-order valence-corrected chi connectivity index (χ3v) is 5.33. The fraction of sp³-hybridized carbons (Fsp3) is 0.350. The number of carbonyl (C=O) groups is 1. The lowest BCUT2D eigenvalue weighted by atomic mass is 10.1. The van der Waals surface area contributed by atoms with Gasteiger partial charge in [0.05, 0.1) is 23.5 Å². The number of halogens is 5. The van der Waals surface area contributed by atoms with Crippen LogP contribution in [0.1, 0.15) is 17.3 Å². The molecule has 1 N–H and O–H groups in total. The monoisotopic (exact) mass is 445 g/mol. The SMILES string of the molecule is CCN1CCN(c2c(Cl)cccc2NC(=O)c2c(F)c(F)c(OC)c(F)c2F)CC1. The standard InChI is InChI=1S/C20H20ClF4N3O2/c1-3-27-7-9-28(10-8-27)18-11(21)5-4-6-12(18)26-20(29)13-14(22)16(24)19(30-2)17(25)15(13)23/h4-6H,3,7-10H2,1-2H3,(H,26,29). The number of carbonyl (C=O) groups excluding carboxylic acids is 1.